The Hall–Kier alpha value is -1.83. The van der Waals surface area contributed by atoms with Crippen LogP contribution in [0.4, 0.5) is 4.79 Å². The molecule has 0 saturated carbocycles. The molecule has 0 bridgehead atoms. The molecule has 2 N–H and O–H groups in total. The lowest BCUT2D eigenvalue weighted by molar-refractivity contribution is -0.141. The predicted molar refractivity (Wildman–Crippen MR) is 79.4 cm³/mol. The summed E-state index contributed by atoms with van der Waals surface area (Å²) < 4.78 is 5.10. The Bertz CT molecular complexity index is 415. The number of likely N-dealkylation sites (tertiary alicyclic amines) is 1. The number of methoxy groups -OCH3 is 1. The average Bonchev–Trinajstić information content (AvgIpc) is 2.91. The molecule has 2 atom stereocenters. The van der Waals surface area contributed by atoms with Gasteiger partial charge in [0.15, 0.2) is 0 Å². The third-order valence-corrected chi connectivity index (χ3v) is 3.76. The smallest absolute Gasteiger partial charge is 0.326 e. The molecule has 126 valence electrons. The first-order valence-electron chi connectivity index (χ1n) is 7.38. The number of rotatable bonds is 7. The summed E-state index contributed by atoms with van der Waals surface area (Å²) in [4.78, 5) is 37.6. The number of carboxylic acid groups (broad SMARTS) is 1. The third-order valence-electron chi connectivity index (χ3n) is 3.76. The van der Waals surface area contributed by atoms with Crippen LogP contribution in [0.25, 0.3) is 0 Å². The number of aliphatic carboxylic acids is 1. The number of carbonyl (C=O) groups is 3. The van der Waals surface area contributed by atoms with E-state index in [2.05, 4.69) is 5.32 Å². The van der Waals surface area contributed by atoms with Crippen LogP contribution in [0.3, 0.4) is 0 Å². The van der Waals surface area contributed by atoms with Crippen LogP contribution in [0.1, 0.15) is 20.3 Å². The van der Waals surface area contributed by atoms with E-state index < -0.39 is 12.0 Å². The van der Waals surface area contributed by atoms with Gasteiger partial charge in [-0.25, -0.2) is 9.59 Å². The number of carboxylic acids is 1. The van der Waals surface area contributed by atoms with Crippen LogP contribution in [0.2, 0.25) is 0 Å². The summed E-state index contributed by atoms with van der Waals surface area (Å²) in [6.45, 7) is 4.99. The summed E-state index contributed by atoms with van der Waals surface area (Å²) in [5, 5.41) is 11.7. The summed E-state index contributed by atoms with van der Waals surface area (Å²) >= 11 is 0. The highest BCUT2D eigenvalue weighted by Crippen LogP contribution is 2.18. The molecular weight excluding hydrogens is 290 g/mol. The van der Waals surface area contributed by atoms with E-state index in [1.54, 1.807) is 12.0 Å². The second-order valence-corrected chi connectivity index (χ2v) is 5.53. The van der Waals surface area contributed by atoms with Gasteiger partial charge in [0.1, 0.15) is 6.04 Å². The van der Waals surface area contributed by atoms with Gasteiger partial charge in [0.05, 0.1) is 6.61 Å². The van der Waals surface area contributed by atoms with Crippen molar-refractivity contribution in [1.29, 1.82) is 0 Å². The molecular formula is C14H25N3O5. The predicted octanol–water partition coefficient (Wildman–Crippen LogP) is -0.0141. The first kappa shape index (κ1) is 18.2. The molecule has 1 fully saturated rings. The lowest BCUT2D eigenvalue weighted by Crippen LogP contribution is -2.51. The van der Waals surface area contributed by atoms with Crippen LogP contribution in [0.15, 0.2) is 0 Å². The van der Waals surface area contributed by atoms with E-state index in [1.807, 2.05) is 0 Å². The quantitative estimate of drug-likeness (QED) is 0.688. The summed E-state index contributed by atoms with van der Waals surface area (Å²) in [6, 6.07) is -1.25. The summed E-state index contributed by atoms with van der Waals surface area (Å²) in [5.74, 6) is -0.994. The second-order valence-electron chi connectivity index (χ2n) is 5.53. The minimum Gasteiger partial charge on any atom is -0.480 e. The largest absolute Gasteiger partial charge is 0.480 e. The monoisotopic (exact) mass is 315 g/mol. The molecule has 1 saturated heterocycles. The van der Waals surface area contributed by atoms with E-state index in [1.165, 1.54) is 18.7 Å². The van der Waals surface area contributed by atoms with Crippen molar-refractivity contribution in [2.45, 2.75) is 26.3 Å². The van der Waals surface area contributed by atoms with Crippen LogP contribution >= 0.6 is 0 Å². The zero-order chi connectivity index (χ0) is 16.7. The molecule has 1 heterocycles. The first-order valence-corrected chi connectivity index (χ1v) is 7.38. The highest BCUT2D eigenvalue weighted by atomic mass is 16.5. The van der Waals surface area contributed by atoms with Crippen molar-refractivity contribution in [3.8, 4) is 0 Å². The number of hydrogen-bond acceptors (Lipinski definition) is 4. The molecule has 1 aliphatic rings. The van der Waals surface area contributed by atoms with Crippen molar-refractivity contribution >= 4 is 17.9 Å². The van der Waals surface area contributed by atoms with Gasteiger partial charge in [-0.2, -0.15) is 0 Å². The van der Waals surface area contributed by atoms with Crippen molar-refractivity contribution in [3.63, 3.8) is 0 Å². The van der Waals surface area contributed by atoms with Gasteiger partial charge >= 0.3 is 12.0 Å². The van der Waals surface area contributed by atoms with Crippen LogP contribution in [-0.4, -0.2) is 78.8 Å². The van der Waals surface area contributed by atoms with Gasteiger partial charge in [-0.05, 0) is 13.3 Å². The maximum Gasteiger partial charge on any atom is 0.326 e. The molecule has 8 heteroatoms. The van der Waals surface area contributed by atoms with Crippen molar-refractivity contribution in [1.82, 2.24) is 15.1 Å². The Balaban J connectivity index is 2.67. The molecule has 0 aromatic heterocycles. The second kappa shape index (κ2) is 8.57. The summed E-state index contributed by atoms with van der Waals surface area (Å²) in [7, 11) is 1.62. The number of hydrogen-bond donors (Lipinski definition) is 2. The number of urea groups is 1. The highest BCUT2D eigenvalue weighted by molar-refractivity contribution is 5.82. The zero-order valence-corrected chi connectivity index (χ0v) is 13.4. The average molecular weight is 315 g/mol. The summed E-state index contributed by atoms with van der Waals surface area (Å²) in [6.07, 6.45) is 0.848. The van der Waals surface area contributed by atoms with E-state index in [9.17, 15) is 14.4 Å². The standard InChI is InChI=1S/C14H25N3O5/c1-10(13(19)20)17(7-5-15-11(2)18)14(21)16-6-4-12(8-16)9-22-3/h10,12H,4-9H2,1-3H3,(H,15,18)(H,19,20). The van der Waals surface area contributed by atoms with Crippen LogP contribution < -0.4 is 5.32 Å². The van der Waals surface area contributed by atoms with E-state index in [0.717, 1.165) is 6.42 Å². The Labute approximate surface area is 130 Å². The van der Waals surface area contributed by atoms with E-state index in [-0.39, 0.29) is 30.9 Å². The van der Waals surface area contributed by atoms with Crippen LogP contribution in [-0.2, 0) is 14.3 Å². The maximum atomic E-state index is 12.6. The van der Waals surface area contributed by atoms with Crippen LogP contribution in [0.5, 0.6) is 0 Å². The maximum absolute atomic E-state index is 12.6. The third kappa shape index (κ3) is 5.18. The lowest BCUT2D eigenvalue weighted by Gasteiger charge is -2.31. The topological polar surface area (TPSA) is 99.2 Å². The van der Waals surface area contributed by atoms with Crippen LogP contribution in [0, 0.1) is 5.92 Å². The van der Waals surface area contributed by atoms with Gasteiger partial charge in [0, 0.05) is 46.1 Å². The molecule has 2 unspecified atom stereocenters. The van der Waals surface area contributed by atoms with Gasteiger partial charge in [0.2, 0.25) is 5.91 Å². The fourth-order valence-corrected chi connectivity index (χ4v) is 2.50. The van der Waals surface area contributed by atoms with Gasteiger partial charge in [-0.1, -0.05) is 0 Å². The van der Waals surface area contributed by atoms with Gasteiger partial charge in [0.25, 0.3) is 0 Å². The molecule has 0 radical (unpaired) electrons. The first-order chi connectivity index (χ1) is 10.4. The number of ether oxygens (including phenoxy) is 1. The molecule has 1 aliphatic heterocycles. The fourth-order valence-electron chi connectivity index (χ4n) is 2.50. The van der Waals surface area contributed by atoms with E-state index >= 15 is 0 Å². The number of amides is 3. The molecule has 22 heavy (non-hydrogen) atoms. The SMILES string of the molecule is COCC1CCN(C(=O)N(CCNC(C)=O)C(C)C(=O)O)C1. The fraction of sp³-hybridized carbons (Fsp3) is 0.786. The van der Waals surface area contributed by atoms with Gasteiger partial charge in [-0.15, -0.1) is 0 Å². The molecule has 0 aromatic carbocycles. The minimum atomic E-state index is -1.07. The number of carbonyl (C=O) groups excluding carboxylic acids is 2. The number of nitrogens with zero attached hydrogens (tertiary/aromatic N) is 2. The molecule has 8 nitrogen and oxygen atoms in total. The number of nitrogens with one attached hydrogen (secondary N) is 1. The molecule has 0 spiro atoms. The minimum absolute atomic E-state index is 0.164. The summed E-state index contributed by atoms with van der Waals surface area (Å²) in [5.41, 5.74) is 0. The Kier molecular flexibility index (Phi) is 7.10. The molecule has 0 aliphatic carbocycles. The van der Waals surface area contributed by atoms with Crippen molar-refractivity contribution in [3.05, 3.63) is 0 Å². The van der Waals surface area contributed by atoms with E-state index in [4.69, 9.17) is 9.84 Å². The van der Waals surface area contributed by atoms with Crippen molar-refractivity contribution in [2.75, 3.05) is 39.9 Å². The normalized spacial score (nSPS) is 18.9. The van der Waals surface area contributed by atoms with Gasteiger partial charge < -0.3 is 25.0 Å². The highest BCUT2D eigenvalue weighted by Gasteiger charge is 2.33. The molecule has 3 amide bonds. The van der Waals surface area contributed by atoms with Gasteiger partial charge in [-0.3, -0.25) is 4.79 Å². The Morgan fingerprint density at radius 3 is 2.68 bits per heavy atom. The van der Waals surface area contributed by atoms with E-state index in [0.29, 0.717) is 19.7 Å². The molecule has 0 aromatic rings. The zero-order valence-electron chi connectivity index (χ0n) is 13.4. The van der Waals surface area contributed by atoms with Crippen molar-refractivity contribution < 1.29 is 24.2 Å². The molecule has 1 rings (SSSR count). The van der Waals surface area contributed by atoms with Crippen molar-refractivity contribution in [2.24, 2.45) is 5.92 Å². The Morgan fingerprint density at radius 1 is 1.45 bits per heavy atom. The Morgan fingerprint density at radius 2 is 2.14 bits per heavy atom. The lowest BCUT2D eigenvalue weighted by atomic mass is 10.1.